The summed E-state index contributed by atoms with van der Waals surface area (Å²) in [5.41, 5.74) is 4.53. The van der Waals surface area contributed by atoms with Crippen molar-refractivity contribution in [1.29, 1.82) is 0 Å². The number of rotatable bonds is 6. The Balaban J connectivity index is 1.61. The van der Waals surface area contributed by atoms with Crippen LogP contribution in [0.4, 0.5) is 20.3 Å². The number of aromatic nitrogens is 2. The van der Waals surface area contributed by atoms with Gasteiger partial charge in [-0.15, -0.1) is 0 Å². The van der Waals surface area contributed by atoms with Crippen molar-refractivity contribution >= 4 is 35.1 Å². The lowest BCUT2D eigenvalue weighted by Gasteiger charge is -2.22. The van der Waals surface area contributed by atoms with Crippen LogP contribution < -0.4 is 21.9 Å². The van der Waals surface area contributed by atoms with Crippen LogP contribution in [0.1, 0.15) is 42.5 Å². The van der Waals surface area contributed by atoms with Crippen LogP contribution in [0.2, 0.25) is 0 Å². The summed E-state index contributed by atoms with van der Waals surface area (Å²) in [6.07, 6.45) is 5.31. The van der Waals surface area contributed by atoms with Gasteiger partial charge in [0.15, 0.2) is 22.6 Å². The molecule has 1 fully saturated rings. The summed E-state index contributed by atoms with van der Waals surface area (Å²) in [4.78, 5) is 43.0. The number of carbonyl (C=O) groups is 2. The second-order valence-corrected chi connectivity index (χ2v) is 7.87. The molecule has 0 saturated heterocycles. The first-order chi connectivity index (χ1) is 14.3. The van der Waals surface area contributed by atoms with Crippen LogP contribution in [-0.2, 0) is 4.79 Å². The second kappa shape index (κ2) is 9.70. The van der Waals surface area contributed by atoms with Crippen LogP contribution in [0.3, 0.4) is 0 Å². The van der Waals surface area contributed by atoms with Crippen molar-refractivity contribution in [2.24, 2.45) is 0 Å². The molecule has 160 valence electrons. The lowest BCUT2D eigenvalue weighted by Crippen LogP contribution is -2.37. The molecule has 1 saturated carbocycles. The van der Waals surface area contributed by atoms with Crippen molar-refractivity contribution in [2.45, 2.75) is 43.3 Å². The molecule has 11 heteroatoms. The molecule has 1 aromatic carbocycles. The van der Waals surface area contributed by atoms with E-state index in [4.69, 9.17) is 5.73 Å². The van der Waals surface area contributed by atoms with Crippen molar-refractivity contribution in [2.75, 3.05) is 16.8 Å². The zero-order valence-electron chi connectivity index (χ0n) is 16.0. The minimum Gasteiger partial charge on any atom is -0.382 e. The van der Waals surface area contributed by atoms with E-state index in [2.05, 4.69) is 20.6 Å². The number of amides is 2. The van der Waals surface area contributed by atoms with E-state index in [0.29, 0.717) is 6.07 Å². The largest absolute Gasteiger partial charge is 0.382 e. The number of H-pyrrole nitrogens is 1. The molecule has 1 aliphatic carbocycles. The molecule has 2 amide bonds. The number of nitrogen functional groups attached to an aromatic ring is 1. The van der Waals surface area contributed by atoms with Crippen LogP contribution >= 0.6 is 11.8 Å². The summed E-state index contributed by atoms with van der Waals surface area (Å²) in [6.45, 7) is 0. The molecule has 8 nitrogen and oxygen atoms in total. The fourth-order valence-electron chi connectivity index (χ4n) is 3.13. The van der Waals surface area contributed by atoms with E-state index in [1.807, 2.05) is 0 Å². The van der Waals surface area contributed by atoms with Gasteiger partial charge >= 0.3 is 0 Å². The number of anilines is 2. The summed E-state index contributed by atoms with van der Waals surface area (Å²) in [6, 6.07) is 2.75. The molecule has 0 spiro atoms. The highest BCUT2D eigenvalue weighted by molar-refractivity contribution is 7.99. The van der Waals surface area contributed by atoms with Crippen LogP contribution in [-0.4, -0.2) is 33.6 Å². The zero-order chi connectivity index (χ0) is 21.7. The number of hydrogen-bond acceptors (Lipinski definition) is 6. The van der Waals surface area contributed by atoms with Gasteiger partial charge in [0.25, 0.3) is 11.5 Å². The summed E-state index contributed by atoms with van der Waals surface area (Å²) in [5, 5.41) is 5.32. The van der Waals surface area contributed by atoms with E-state index in [1.165, 1.54) is 6.42 Å². The highest BCUT2D eigenvalue weighted by atomic mass is 32.2. The van der Waals surface area contributed by atoms with Crippen molar-refractivity contribution in [3.05, 3.63) is 45.8 Å². The van der Waals surface area contributed by atoms with Crippen LogP contribution in [0.25, 0.3) is 0 Å². The molecule has 0 atom stereocenters. The van der Waals surface area contributed by atoms with E-state index < -0.39 is 23.1 Å². The second-order valence-electron chi connectivity index (χ2n) is 6.91. The predicted octanol–water partition coefficient (Wildman–Crippen LogP) is 2.42. The van der Waals surface area contributed by atoms with Gasteiger partial charge in [0.1, 0.15) is 5.69 Å². The van der Waals surface area contributed by atoms with Gasteiger partial charge in [-0.2, -0.15) is 0 Å². The van der Waals surface area contributed by atoms with Crippen molar-refractivity contribution in [3.8, 4) is 0 Å². The van der Waals surface area contributed by atoms with Crippen molar-refractivity contribution in [3.63, 3.8) is 0 Å². The Morgan fingerprint density at radius 3 is 2.60 bits per heavy atom. The first-order valence-electron chi connectivity index (χ1n) is 9.42. The first kappa shape index (κ1) is 21.8. The third kappa shape index (κ3) is 5.56. The molecule has 0 unspecified atom stereocenters. The summed E-state index contributed by atoms with van der Waals surface area (Å²) >= 11 is 1.01. The minimum absolute atomic E-state index is 0.0550. The number of benzene rings is 1. The third-order valence-corrected chi connectivity index (χ3v) is 5.53. The monoisotopic (exact) mass is 437 g/mol. The van der Waals surface area contributed by atoms with E-state index in [1.54, 1.807) is 0 Å². The molecule has 30 heavy (non-hydrogen) atoms. The van der Waals surface area contributed by atoms with Crippen molar-refractivity contribution < 1.29 is 18.4 Å². The summed E-state index contributed by atoms with van der Waals surface area (Å²) in [5.74, 6) is -3.51. The third-order valence-electron chi connectivity index (χ3n) is 4.66. The Labute approximate surface area is 175 Å². The van der Waals surface area contributed by atoms with Gasteiger partial charge in [0, 0.05) is 11.6 Å². The number of carbonyl (C=O) groups excluding carboxylic acids is 2. The van der Waals surface area contributed by atoms with Crippen LogP contribution in [0, 0.1) is 11.6 Å². The molecule has 1 aliphatic rings. The number of nitrogens with one attached hydrogen (secondary N) is 3. The highest BCUT2D eigenvalue weighted by Gasteiger charge is 2.18. The van der Waals surface area contributed by atoms with Gasteiger partial charge in [0.2, 0.25) is 5.91 Å². The van der Waals surface area contributed by atoms with Crippen LogP contribution in [0.5, 0.6) is 0 Å². The maximum atomic E-state index is 13.3. The maximum absolute atomic E-state index is 13.3. The van der Waals surface area contributed by atoms with Gasteiger partial charge in [-0.05, 0) is 31.0 Å². The SMILES string of the molecule is Nc1nc(SCC(=O)NC2CCCCC2)[nH]c(=O)c1NC(=O)c1ccc(F)c(F)c1. The normalized spacial score (nSPS) is 14.3. The summed E-state index contributed by atoms with van der Waals surface area (Å²) in [7, 11) is 0. The zero-order valence-corrected chi connectivity index (χ0v) is 16.8. The van der Waals surface area contributed by atoms with Crippen molar-refractivity contribution in [1.82, 2.24) is 15.3 Å². The molecule has 0 bridgehead atoms. The number of nitrogens with zero attached hydrogens (tertiary/aromatic N) is 1. The number of aromatic amines is 1. The van der Waals surface area contributed by atoms with Gasteiger partial charge < -0.3 is 16.4 Å². The van der Waals surface area contributed by atoms with E-state index >= 15 is 0 Å². The molecule has 2 aromatic rings. The standard InChI is InChI=1S/C19H21F2N5O3S/c20-12-7-6-10(8-13(12)21)17(28)24-15-16(22)25-19(26-18(15)29)30-9-14(27)23-11-4-2-1-3-5-11/h6-8,11H,1-5,9H2,(H,23,27)(H,24,28)(H3,22,25,26,29). The van der Waals surface area contributed by atoms with E-state index in [9.17, 15) is 23.2 Å². The fraction of sp³-hybridized carbons (Fsp3) is 0.368. The number of hydrogen-bond donors (Lipinski definition) is 4. The average Bonchev–Trinajstić information content (AvgIpc) is 2.72. The Hall–Kier alpha value is -2.95. The fourth-order valence-corrected chi connectivity index (χ4v) is 3.81. The molecular weight excluding hydrogens is 416 g/mol. The first-order valence-corrected chi connectivity index (χ1v) is 10.4. The average molecular weight is 437 g/mol. The van der Waals surface area contributed by atoms with E-state index in [-0.39, 0.29) is 39.9 Å². The summed E-state index contributed by atoms with van der Waals surface area (Å²) < 4.78 is 26.3. The Morgan fingerprint density at radius 1 is 1.20 bits per heavy atom. The molecule has 3 rings (SSSR count). The predicted molar refractivity (Wildman–Crippen MR) is 109 cm³/mol. The topological polar surface area (TPSA) is 130 Å². The lowest BCUT2D eigenvalue weighted by molar-refractivity contribution is -0.119. The number of nitrogens with two attached hydrogens (primary N) is 1. The number of halogens is 2. The smallest absolute Gasteiger partial charge is 0.277 e. The van der Waals surface area contributed by atoms with Gasteiger partial charge in [-0.3, -0.25) is 19.4 Å². The quantitative estimate of drug-likeness (QED) is 0.406. The molecule has 5 N–H and O–H groups in total. The Kier molecular flexibility index (Phi) is 7.03. The van der Waals surface area contributed by atoms with Crippen LogP contribution in [0.15, 0.2) is 28.2 Å². The maximum Gasteiger partial charge on any atom is 0.277 e. The highest BCUT2D eigenvalue weighted by Crippen LogP contribution is 2.20. The number of thioether (sulfide) groups is 1. The molecule has 0 radical (unpaired) electrons. The molecule has 1 aromatic heterocycles. The van der Waals surface area contributed by atoms with Gasteiger partial charge in [0.05, 0.1) is 5.75 Å². The molecular formula is C19H21F2N5O3S. The minimum atomic E-state index is -1.19. The van der Waals surface area contributed by atoms with E-state index in [0.717, 1.165) is 49.6 Å². The molecule has 1 heterocycles. The lowest BCUT2D eigenvalue weighted by atomic mass is 9.95. The molecule has 0 aliphatic heterocycles. The Bertz CT molecular complexity index is 1010. The van der Waals surface area contributed by atoms with Gasteiger partial charge in [-0.25, -0.2) is 13.8 Å². The van der Waals surface area contributed by atoms with Gasteiger partial charge in [-0.1, -0.05) is 31.0 Å². The Morgan fingerprint density at radius 2 is 1.93 bits per heavy atom.